The SMILES string of the molecule is COc1ccc(/C(O)=C2\C(=O)C(=O)N(c3ccc(C)cc3C)C2c2ccncc2)cc1Br. The predicted molar refractivity (Wildman–Crippen MR) is 126 cm³/mol. The molecule has 1 fully saturated rings. The monoisotopic (exact) mass is 492 g/mol. The third-order valence-corrected chi connectivity index (χ3v) is 6.12. The maximum absolute atomic E-state index is 13.2. The van der Waals surface area contributed by atoms with Gasteiger partial charge in [-0.05, 0) is 77.3 Å². The number of aliphatic hydroxyl groups excluding tert-OH is 1. The normalized spacial score (nSPS) is 17.6. The lowest BCUT2D eigenvalue weighted by Crippen LogP contribution is -2.30. The summed E-state index contributed by atoms with van der Waals surface area (Å²) in [5.41, 5.74) is 3.63. The molecule has 0 saturated carbocycles. The highest BCUT2D eigenvalue weighted by Crippen LogP contribution is 2.43. The smallest absolute Gasteiger partial charge is 0.300 e. The molecule has 1 amide bonds. The molecule has 1 aliphatic rings. The van der Waals surface area contributed by atoms with Gasteiger partial charge in [0.2, 0.25) is 0 Å². The first-order valence-electron chi connectivity index (χ1n) is 9.95. The first-order valence-corrected chi connectivity index (χ1v) is 10.7. The standard InChI is InChI=1S/C25H21BrN2O4/c1-14-4-6-19(15(2)12-14)28-22(16-8-10-27-11-9-16)21(24(30)25(28)31)23(29)17-5-7-20(32-3)18(26)13-17/h4-13,22,29H,1-3H3/b23-21+. The van der Waals surface area contributed by atoms with E-state index in [1.54, 1.807) is 49.8 Å². The zero-order valence-corrected chi connectivity index (χ0v) is 19.4. The number of hydrogen-bond acceptors (Lipinski definition) is 5. The third-order valence-electron chi connectivity index (χ3n) is 5.50. The van der Waals surface area contributed by atoms with Crippen LogP contribution in [-0.2, 0) is 9.59 Å². The summed E-state index contributed by atoms with van der Waals surface area (Å²) in [6.07, 6.45) is 3.20. The van der Waals surface area contributed by atoms with Crippen molar-refractivity contribution in [3.05, 3.63) is 93.2 Å². The number of aliphatic hydroxyl groups is 1. The van der Waals surface area contributed by atoms with Gasteiger partial charge in [0.1, 0.15) is 11.5 Å². The molecule has 0 bridgehead atoms. The molecule has 3 aromatic rings. The molecular formula is C25H21BrN2O4. The van der Waals surface area contributed by atoms with Crippen molar-refractivity contribution < 1.29 is 19.4 Å². The Hall–Kier alpha value is -3.45. The molecule has 0 aliphatic carbocycles. The van der Waals surface area contributed by atoms with Gasteiger partial charge >= 0.3 is 0 Å². The molecule has 0 radical (unpaired) electrons. The first kappa shape index (κ1) is 21.8. The molecule has 4 rings (SSSR count). The summed E-state index contributed by atoms with van der Waals surface area (Å²) in [5.74, 6) is -1.09. The number of rotatable bonds is 4. The molecule has 1 atom stereocenters. The second-order valence-corrected chi connectivity index (χ2v) is 8.44. The number of ether oxygens (including phenoxy) is 1. The fraction of sp³-hybridized carbons (Fsp3) is 0.160. The molecule has 1 aliphatic heterocycles. The number of aromatic nitrogens is 1. The molecule has 162 valence electrons. The quantitative estimate of drug-likeness (QED) is 0.311. The van der Waals surface area contributed by atoms with Crippen molar-refractivity contribution >= 4 is 39.1 Å². The fourth-order valence-electron chi connectivity index (χ4n) is 3.99. The van der Waals surface area contributed by atoms with Crippen molar-refractivity contribution in [1.29, 1.82) is 0 Å². The van der Waals surface area contributed by atoms with Gasteiger partial charge in [-0.15, -0.1) is 0 Å². The number of methoxy groups -OCH3 is 1. The lowest BCUT2D eigenvalue weighted by atomic mass is 9.95. The van der Waals surface area contributed by atoms with E-state index < -0.39 is 17.7 Å². The summed E-state index contributed by atoms with van der Waals surface area (Å²) in [7, 11) is 1.54. The minimum atomic E-state index is -0.791. The Morgan fingerprint density at radius 2 is 1.78 bits per heavy atom. The summed E-state index contributed by atoms with van der Waals surface area (Å²) >= 11 is 3.41. The van der Waals surface area contributed by atoms with Gasteiger partial charge in [-0.1, -0.05) is 17.7 Å². The summed E-state index contributed by atoms with van der Waals surface area (Å²) < 4.78 is 5.87. The number of anilines is 1. The first-order chi connectivity index (χ1) is 15.3. The highest BCUT2D eigenvalue weighted by atomic mass is 79.9. The fourth-order valence-corrected chi connectivity index (χ4v) is 4.53. The number of halogens is 1. The summed E-state index contributed by atoms with van der Waals surface area (Å²) in [6, 6.07) is 13.4. The molecule has 1 aromatic heterocycles. The lowest BCUT2D eigenvalue weighted by Gasteiger charge is -2.27. The van der Waals surface area contributed by atoms with Crippen LogP contribution in [0.3, 0.4) is 0 Å². The van der Waals surface area contributed by atoms with E-state index >= 15 is 0 Å². The van der Waals surface area contributed by atoms with Crippen LogP contribution in [0.4, 0.5) is 5.69 Å². The number of hydrogen-bond donors (Lipinski definition) is 1. The average molecular weight is 493 g/mol. The second-order valence-electron chi connectivity index (χ2n) is 7.59. The van der Waals surface area contributed by atoms with Gasteiger partial charge in [0.15, 0.2) is 0 Å². The largest absolute Gasteiger partial charge is 0.507 e. The van der Waals surface area contributed by atoms with E-state index in [1.807, 2.05) is 32.0 Å². The second kappa shape index (κ2) is 8.59. The number of benzene rings is 2. The maximum atomic E-state index is 13.2. The topological polar surface area (TPSA) is 79.7 Å². The number of carbonyl (C=O) groups is 2. The lowest BCUT2D eigenvalue weighted by molar-refractivity contribution is -0.132. The maximum Gasteiger partial charge on any atom is 0.300 e. The van der Waals surface area contributed by atoms with E-state index in [2.05, 4.69) is 20.9 Å². The van der Waals surface area contributed by atoms with Crippen molar-refractivity contribution in [3.63, 3.8) is 0 Å². The average Bonchev–Trinajstić information content (AvgIpc) is 3.04. The minimum Gasteiger partial charge on any atom is -0.507 e. The number of amides is 1. The molecule has 0 spiro atoms. The van der Waals surface area contributed by atoms with Crippen LogP contribution in [-0.4, -0.2) is 28.9 Å². The Labute approximate surface area is 194 Å². The summed E-state index contributed by atoms with van der Waals surface area (Å²) in [6.45, 7) is 3.86. The van der Waals surface area contributed by atoms with Crippen molar-refractivity contribution in [3.8, 4) is 5.75 Å². The van der Waals surface area contributed by atoms with E-state index in [0.717, 1.165) is 11.1 Å². The third kappa shape index (κ3) is 3.69. The Balaban J connectivity index is 1.95. The van der Waals surface area contributed by atoms with Crippen LogP contribution < -0.4 is 9.64 Å². The molecule has 2 heterocycles. The zero-order chi connectivity index (χ0) is 23.0. The van der Waals surface area contributed by atoms with Crippen LogP contribution in [0, 0.1) is 13.8 Å². The van der Waals surface area contributed by atoms with Crippen LogP contribution in [0.1, 0.15) is 28.3 Å². The van der Waals surface area contributed by atoms with Gasteiger partial charge in [-0.2, -0.15) is 0 Å². The number of nitrogens with zero attached hydrogens (tertiary/aromatic N) is 2. The highest BCUT2D eigenvalue weighted by Gasteiger charge is 2.47. The van der Waals surface area contributed by atoms with Gasteiger partial charge in [0, 0.05) is 23.6 Å². The van der Waals surface area contributed by atoms with Crippen molar-refractivity contribution in [2.24, 2.45) is 0 Å². The van der Waals surface area contributed by atoms with Crippen LogP contribution >= 0.6 is 15.9 Å². The predicted octanol–water partition coefficient (Wildman–Crippen LogP) is 5.10. The van der Waals surface area contributed by atoms with Crippen molar-refractivity contribution in [1.82, 2.24) is 4.98 Å². The Morgan fingerprint density at radius 3 is 2.41 bits per heavy atom. The number of carbonyl (C=O) groups excluding carboxylic acids is 2. The number of ketones is 1. The number of Topliss-reactive ketones (excluding diaryl/α,β-unsaturated/α-hetero) is 1. The molecule has 1 saturated heterocycles. The van der Waals surface area contributed by atoms with Crippen molar-refractivity contribution in [2.75, 3.05) is 12.0 Å². The zero-order valence-electron chi connectivity index (χ0n) is 17.8. The van der Waals surface area contributed by atoms with Gasteiger partial charge in [0.05, 0.1) is 23.2 Å². The van der Waals surface area contributed by atoms with Gasteiger partial charge < -0.3 is 9.84 Å². The Bertz CT molecular complexity index is 1250. The summed E-state index contributed by atoms with van der Waals surface area (Å²) in [4.78, 5) is 31.9. The molecule has 1 unspecified atom stereocenters. The number of pyridine rings is 1. The minimum absolute atomic E-state index is 0.0261. The van der Waals surface area contributed by atoms with E-state index in [0.29, 0.717) is 27.0 Å². The van der Waals surface area contributed by atoms with Crippen LogP contribution in [0.15, 0.2) is 71.0 Å². The number of aryl methyl sites for hydroxylation is 2. The van der Waals surface area contributed by atoms with E-state index in [9.17, 15) is 14.7 Å². The van der Waals surface area contributed by atoms with Gasteiger partial charge in [0.25, 0.3) is 11.7 Å². The highest BCUT2D eigenvalue weighted by molar-refractivity contribution is 9.10. The van der Waals surface area contributed by atoms with Crippen molar-refractivity contribution in [2.45, 2.75) is 19.9 Å². The Morgan fingerprint density at radius 1 is 1.06 bits per heavy atom. The van der Waals surface area contributed by atoms with E-state index in [1.165, 1.54) is 4.90 Å². The molecule has 32 heavy (non-hydrogen) atoms. The van der Waals surface area contributed by atoms with Gasteiger partial charge in [-0.25, -0.2) is 0 Å². The van der Waals surface area contributed by atoms with E-state index in [-0.39, 0.29) is 11.3 Å². The molecule has 7 heteroatoms. The molecule has 2 aromatic carbocycles. The summed E-state index contributed by atoms with van der Waals surface area (Å²) in [5, 5.41) is 11.2. The van der Waals surface area contributed by atoms with Crippen LogP contribution in [0.2, 0.25) is 0 Å². The molecule has 6 nitrogen and oxygen atoms in total. The van der Waals surface area contributed by atoms with Crippen LogP contribution in [0.5, 0.6) is 5.75 Å². The Kier molecular flexibility index (Phi) is 5.84. The molecular weight excluding hydrogens is 472 g/mol. The van der Waals surface area contributed by atoms with Gasteiger partial charge in [-0.3, -0.25) is 19.5 Å². The van der Waals surface area contributed by atoms with Crippen LogP contribution in [0.25, 0.3) is 5.76 Å². The molecule has 1 N–H and O–H groups in total. The van der Waals surface area contributed by atoms with E-state index in [4.69, 9.17) is 4.74 Å².